The van der Waals surface area contributed by atoms with Gasteiger partial charge < -0.3 is 0 Å². The minimum absolute atomic E-state index is 0.0197. The maximum absolute atomic E-state index is 10.2. The fourth-order valence-corrected chi connectivity index (χ4v) is 7.13. The van der Waals surface area contributed by atoms with Crippen LogP contribution in [-0.2, 0) is 0 Å². The molecule has 0 amide bonds. The van der Waals surface area contributed by atoms with Crippen LogP contribution in [0.5, 0.6) is 0 Å². The molecule has 3 unspecified atom stereocenters. The summed E-state index contributed by atoms with van der Waals surface area (Å²) in [6.45, 7) is 4.78. The van der Waals surface area contributed by atoms with Crippen LogP contribution < -0.4 is 0 Å². The molecule has 0 heterocycles. The number of hydrogen-bond donors (Lipinski definition) is 1. The summed E-state index contributed by atoms with van der Waals surface area (Å²) >= 11 is 0.155. The van der Waals surface area contributed by atoms with Crippen molar-refractivity contribution in [1.82, 2.24) is 0 Å². The van der Waals surface area contributed by atoms with Crippen molar-refractivity contribution < 1.29 is 5.11 Å². The Hall–Kier alpha value is 0.750. The summed E-state index contributed by atoms with van der Waals surface area (Å²) in [6.07, 6.45) is 3.77. The molecule has 13 heavy (non-hydrogen) atoms. The van der Waals surface area contributed by atoms with Gasteiger partial charge in [-0.25, -0.2) is 0 Å². The normalized spacial score (nSPS) is 47.1. The van der Waals surface area contributed by atoms with Gasteiger partial charge in [0.1, 0.15) is 0 Å². The molecule has 2 heteroatoms. The van der Waals surface area contributed by atoms with Gasteiger partial charge in [0.15, 0.2) is 0 Å². The standard InChI is InChI=1S/C11H20OTe/c1-10(2)8-4-5-11(10,7-13-3)9(12)6-8/h8-9,12H,4-7H2,1-3H3. The molecule has 2 aliphatic rings. The van der Waals surface area contributed by atoms with E-state index in [9.17, 15) is 5.11 Å². The predicted molar refractivity (Wildman–Crippen MR) is 56.0 cm³/mol. The second-order valence-corrected chi connectivity index (χ2v) is 7.77. The third-order valence-corrected chi connectivity index (χ3v) is 7.08. The first-order valence-electron chi connectivity index (χ1n) is 5.21. The van der Waals surface area contributed by atoms with Gasteiger partial charge in [0.05, 0.1) is 0 Å². The Labute approximate surface area is 91.4 Å². The zero-order valence-electron chi connectivity index (χ0n) is 8.84. The molecule has 2 aliphatic carbocycles. The number of fused-ring (bicyclic) bond motifs is 2. The van der Waals surface area contributed by atoms with Crippen molar-refractivity contribution in [3.05, 3.63) is 0 Å². The summed E-state index contributed by atoms with van der Waals surface area (Å²) in [4.78, 5) is 2.37. The molecule has 2 rings (SSSR count). The van der Waals surface area contributed by atoms with Gasteiger partial charge in [0, 0.05) is 0 Å². The van der Waals surface area contributed by atoms with Crippen LogP contribution in [0.2, 0.25) is 9.44 Å². The number of aliphatic hydroxyl groups is 1. The topological polar surface area (TPSA) is 20.2 Å². The molecule has 0 aromatic carbocycles. The van der Waals surface area contributed by atoms with Crippen molar-refractivity contribution in [3.63, 3.8) is 0 Å². The number of rotatable bonds is 2. The molecule has 1 nitrogen and oxygen atoms in total. The monoisotopic (exact) mass is 298 g/mol. The Morgan fingerprint density at radius 2 is 2.15 bits per heavy atom. The molecule has 0 aliphatic heterocycles. The van der Waals surface area contributed by atoms with Crippen LogP contribution in [0.25, 0.3) is 0 Å². The van der Waals surface area contributed by atoms with E-state index >= 15 is 0 Å². The molecule has 0 aromatic rings. The van der Waals surface area contributed by atoms with E-state index in [2.05, 4.69) is 18.8 Å². The summed E-state index contributed by atoms with van der Waals surface area (Å²) in [5, 5.41) is 10.2. The zero-order valence-corrected chi connectivity index (χ0v) is 11.2. The van der Waals surface area contributed by atoms with Crippen LogP contribution in [-0.4, -0.2) is 32.1 Å². The van der Waals surface area contributed by atoms with Gasteiger partial charge in [0.25, 0.3) is 0 Å². The molecule has 2 bridgehead atoms. The minimum atomic E-state index is 0.0197. The van der Waals surface area contributed by atoms with E-state index in [1.54, 1.807) is 0 Å². The Morgan fingerprint density at radius 1 is 1.46 bits per heavy atom. The maximum atomic E-state index is 10.2. The van der Waals surface area contributed by atoms with Crippen LogP contribution in [0.15, 0.2) is 0 Å². The van der Waals surface area contributed by atoms with Crippen molar-refractivity contribution in [2.45, 2.75) is 48.7 Å². The van der Waals surface area contributed by atoms with Crippen LogP contribution in [0.3, 0.4) is 0 Å². The summed E-state index contributed by atoms with van der Waals surface area (Å²) < 4.78 is 1.35. The summed E-state index contributed by atoms with van der Waals surface area (Å²) in [5.74, 6) is 0.807. The van der Waals surface area contributed by atoms with E-state index in [-0.39, 0.29) is 27.0 Å². The average molecular weight is 296 g/mol. The Bertz CT molecular complexity index is 214. The van der Waals surface area contributed by atoms with Gasteiger partial charge in [-0.05, 0) is 0 Å². The molecule has 1 N–H and O–H groups in total. The third kappa shape index (κ3) is 1.15. The fraction of sp³-hybridized carbons (Fsp3) is 1.00. The zero-order chi connectivity index (χ0) is 9.69. The van der Waals surface area contributed by atoms with Gasteiger partial charge in [-0.3, -0.25) is 0 Å². The molecule has 76 valence electrons. The summed E-state index contributed by atoms with van der Waals surface area (Å²) in [6, 6.07) is 0. The van der Waals surface area contributed by atoms with Crippen molar-refractivity contribution in [2.75, 3.05) is 0 Å². The predicted octanol–water partition coefficient (Wildman–Crippen LogP) is 2.34. The number of hydrogen-bond acceptors (Lipinski definition) is 1. The van der Waals surface area contributed by atoms with E-state index in [4.69, 9.17) is 0 Å². The van der Waals surface area contributed by atoms with Gasteiger partial charge in [0.2, 0.25) is 0 Å². The van der Waals surface area contributed by atoms with E-state index < -0.39 is 0 Å². The van der Waals surface area contributed by atoms with Crippen LogP contribution >= 0.6 is 0 Å². The van der Waals surface area contributed by atoms with Crippen LogP contribution in [0.1, 0.15) is 33.1 Å². The van der Waals surface area contributed by atoms with E-state index in [0.29, 0.717) is 10.8 Å². The van der Waals surface area contributed by atoms with Gasteiger partial charge in [-0.2, -0.15) is 0 Å². The Morgan fingerprint density at radius 3 is 2.54 bits per heavy atom. The first-order valence-corrected chi connectivity index (χ1v) is 9.19. The summed E-state index contributed by atoms with van der Waals surface area (Å²) in [5.41, 5.74) is 0.752. The third-order valence-electron chi connectivity index (χ3n) is 4.79. The van der Waals surface area contributed by atoms with Gasteiger partial charge in [-0.15, -0.1) is 0 Å². The average Bonchev–Trinajstić information content (AvgIpc) is 2.38. The molecule has 2 saturated carbocycles. The second kappa shape index (κ2) is 3.12. The second-order valence-electron chi connectivity index (χ2n) is 5.30. The molecule has 0 aromatic heterocycles. The molecule has 0 saturated heterocycles. The first kappa shape index (κ1) is 10.3. The SMILES string of the molecule is C[Te]CC12CCC(CC1O)C2(C)C. The van der Waals surface area contributed by atoms with E-state index in [0.717, 1.165) is 12.3 Å². The molecule has 0 radical (unpaired) electrons. The van der Waals surface area contributed by atoms with Gasteiger partial charge in [-0.1, -0.05) is 0 Å². The molecular weight excluding hydrogens is 276 g/mol. The molecular formula is C11H20OTe. The van der Waals surface area contributed by atoms with E-state index in [1.165, 1.54) is 17.3 Å². The van der Waals surface area contributed by atoms with Crippen LogP contribution in [0, 0.1) is 16.7 Å². The molecule has 0 spiro atoms. The van der Waals surface area contributed by atoms with E-state index in [1.807, 2.05) is 0 Å². The van der Waals surface area contributed by atoms with Gasteiger partial charge >= 0.3 is 91.4 Å². The Kier molecular flexibility index (Phi) is 2.47. The van der Waals surface area contributed by atoms with Crippen molar-refractivity contribution in [3.8, 4) is 0 Å². The fourth-order valence-electron chi connectivity index (χ4n) is 3.64. The number of aliphatic hydroxyl groups excluding tert-OH is 1. The molecule has 3 atom stereocenters. The molecule has 2 fully saturated rings. The van der Waals surface area contributed by atoms with Crippen LogP contribution in [0.4, 0.5) is 0 Å². The Balaban J connectivity index is 2.31. The summed E-state index contributed by atoms with van der Waals surface area (Å²) in [7, 11) is 0. The van der Waals surface area contributed by atoms with Crippen molar-refractivity contribution in [1.29, 1.82) is 0 Å². The van der Waals surface area contributed by atoms with Crippen molar-refractivity contribution >= 4 is 20.9 Å². The quantitative estimate of drug-likeness (QED) is 0.776. The first-order chi connectivity index (χ1) is 6.04. The van der Waals surface area contributed by atoms with Crippen molar-refractivity contribution in [2.24, 2.45) is 16.7 Å².